The van der Waals surface area contributed by atoms with E-state index in [4.69, 9.17) is 26.8 Å². The number of hydrogen-bond acceptors (Lipinski definition) is 6. The molecular weight excluding hydrogens is 380 g/mol. The summed E-state index contributed by atoms with van der Waals surface area (Å²) in [5.41, 5.74) is 8.31. The van der Waals surface area contributed by atoms with Crippen molar-refractivity contribution in [3.8, 4) is 17.5 Å². The molecule has 0 bridgehead atoms. The highest BCUT2D eigenvalue weighted by Crippen LogP contribution is 2.30. The van der Waals surface area contributed by atoms with Crippen LogP contribution >= 0.6 is 11.6 Å². The van der Waals surface area contributed by atoms with Gasteiger partial charge < -0.3 is 15.2 Å². The number of esters is 1. The second kappa shape index (κ2) is 8.03. The fraction of sp³-hybridized carbons (Fsp3) is 0.150. The summed E-state index contributed by atoms with van der Waals surface area (Å²) < 4.78 is 12.2. The zero-order valence-electron chi connectivity index (χ0n) is 15.3. The third-order valence-corrected chi connectivity index (χ3v) is 4.47. The highest BCUT2D eigenvalue weighted by molar-refractivity contribution is 6.33. The molecule has 0 aliphatic carbocycles. The molecule has 2 aromatic carbocycles. The number of para-hydroxylation sites is 1. The molecule has 8 heteroatoms. The second-order valence-corrected chi connectivity index (χ2v) is 6.32. The van der Waals surface area contributed by atoms with Gasteiger partial charge in [0.15, 0.2) is 0 Å². The first-order chi connectivity index (χ1) is 13.5. The molecular formula is C20H17ClN4O3. The summed E-state index contributed by atoms with van der Waals surface area (Å²) >= 11 is 6.01. The molecule has 7 nitrogen and oxygen atoms in total. The van der Waals surface area contributed by atoms with Gasteiger partial charge in [-0.1, -0.05) is 29.8 Å². The molecule has 0 atom stereocenters. The molecule has 28 heavy (non-hydrogen) atoms. The maximum Gasteiger partial charge on any atom is 0.342 e. The molecule has 0 saturated carbocycles. The molecule has 0 amide bonds. The van der Waals surface area contributed by atoms with Crippen molar-refractivity contribution in [2.45, 2.75) is 13.5 Å². The van der Waals surface area contributed by atoms with Gasteiger partial charge in [-0.25, -0.2) is 9.48 Å². The normalized spacial score (nSPS) is 10.4. The number of benzene rings is 2. The Hall–Kier alpha value is -3.50. The molecule has 0 fully saturated rings. The zero-order chi connectivity index (χ0) is 20.3. The number of ether oxygens (including phenoxy) is 2. The predicted molar refractivity (Wildman–Crippen MR) is 105 cm³/mol. The summed E-state index contributed by atoms with van der Waals surface area (Å²) in [6, 6.07) is 14.3. The van der Waals surface area contributed by atoms with Gasteiger partial charge in [0.05, 0.1) is 34.9 Å². The van der Waals surface area contributed by atoms with Crippen molar-refractivity contribution in [3.63, 3.8) is 0 Å². The number of nitrogens with zero attached hydrogens (tertiary/aromatic N) is 3. The fourth-order valence-corrected chi connectivity index (χ4v) is 2.91. The number of halogens is 1. The Morgan fingerprint density at radius 1 is 1.32 bits per heavy atom. The van der Waals surface area contributed by atoms with Gasteiger partial charge >= 0.3 is 5.97 Å². The van der Waals surface area contributed by atoms with E-state index in [0.29, 0.717) is 22.6 Å². The number of rotatable bonds is 5. The van der Waals surface area contributed by atoms with Crippen LogP contribution in [0.15, 0.2) is 42.5 Å². The number of nitrogen functional groups attached to an aromatic ring is 1. The Morgan fingerprint density at radius 3 is 2.68 bits per heavy atom. The number of methoxy groups -OCH3 is 1. The number of nitrogens with two attached hydrogens (primary N) is 1. The average Bonchev–Trinajstić information content (AvgIpc) is 3.03. The molecule has 0 saturated heterocycles. The smallest absolute Gasteiger partial charge is 0.342 e. The van der Waals surface area contributed by atoms with Crippen LogP contribution in [-0.4, -0.2) is 22.9 Å². The summed E-state index contributed by atoms with van der Waals surface area (Å²) in [6.45, 7) is 1.58. The minimum atomic E-state index is -0.652. The Morgan fingerprint density at radius 2 is 2.04 bits per heavy atom. The van der Waals surface area contributed by atoms with Gasteiger partial charge in [-0.05, 0) is 25.1 Å². The second-order valence-electron chi connectivity index (χ2n) is 5.92. The van der Waals surface area contributed by atoms with Crippen molar-refractivity contribution < 1.29 is 14.3 Å². The lowest BCUT2D eigenvalue weighted by Gasteiger charge is -2.12. The topological polar surface area (TPSA) is 103 Å². The number of aryl methyl sites for hydroxylation is 1. The monoisotopic (exact) mass is 396 g/mol. The number of hydrogen-bond donors (Lipinski definition) is 1. The molecule has 3 aromatic rings. The molecule has 2 N–H and O–H groups in total. The first-order valence-electron chi connectivity index (χ1n) is 8.30. The number of carbonyl (C=O) groups excluding carboxylic acids is 1. The standard InChI is InChI=1S/C20H17ClN4O3/c1-12-15(10-22)18(25(24-12)13-6-4-3-5-7-13)11-28-20(26)14-8-16(21)17(23)9-19(14)27-2/h3-9H,11,23H2,1-2H3. The first kappa shape index (κ1) is 19.3. The molecule has 1 heterocycles. The van der Waals surface area contributed by atoms with Crippen molar-refractivity contribution >= 4 is 23.3 Å². The number of aromatic nitrogens is 2. The Labute approximate surface area is 166 Å². The maximum absolute atomic E-state index is 12.6. The van der Waals surface area contributed by atoms with Gasteiger partial charge in [-0.15, -0.1) is 0 Å². The Bertz CT molecular complexity index is 1070. The van der Waals surface area contributed by atoms with E-state index in [1.165, 1.54) is 19.2 Å². The van der Waals surface area contributed by atoms with Gasteiger partial charge in [0.25, 0.3) is 0 Å². The maximum atomic E-state index is 12.6. The Balaban J connectivity index is 1.92. The summed E-state index contributed by atoms with van der Waals surface area (Å²) in [5, 5.41) is 14.1. The fourth-order valence-electron chi connectivity index (χ4n) is 2.75. The van der Waals surface area contributed by atoms with Gasteiger partial charge in [-0.3, -0.25) is 0 Å². The SMILES string of the molecule is COc1cc(N)c(Cl)cc1C(=O)OCc1c(C#N)c(C)nn1-c1ccccc1. The van der Waals surface area contributed by atoms with Crippen molar-refractivity contribution in [2.75, 3.05) is 12.8 Å². The summed E-state index contributed by atoms with van der Waals surface area (Å²) in [6.07, 6.45) is 0. The summed E-state index contributed by atoms with van der Waals surface area (Å²) in [7, 11) is 1.42. The molecule has 1 aromatic heterocycles. The highest BCUT2D eigenvalue weighted by atomic mass is 35.5. The molecule has 0 aliphatic heterocycles. The summed E-state index contributed by atoms with van der Waals surface area (Å²) in [5.74, 6) is -0.402. The molecule has 3 rings (SSSR count). The van der Waals surface area contributed by atoms with Crippen LogP contribution < -0.4 is 10.5 Å². The quantitative estimate of drug-likeness (QED) is 0.521. The molecule has 0 aliphatic rings. The van der Waals surface area contributed by atoms with Crippen LogP contribution in [0.25, 0.3) is 5.69 Å². The summed E-state index contributed by atoms with van der Waals surface area (Å²) in [4.78, 5) is 12.6. The van der Waals surface area contributed by atoms with Crippen molar-refractivity contribution in [1.82, 2.24) is 9.78 Å². The average molecular weight is 397 g/mol. The van der Waals surface area contributed by atoms with E-state index in [1.807, 2.05) is 30.3 Å². The van der Waals surface area contributed by atoms with Crippen LogP contribution in [0.3, 0.4) is 0 Å². The number of carbonyl (C=O) groups is 1. The van der Waals surface area contributed by atoms with Crippen molar-refractivity contribution in [1.29, 1.82) is 5.26 Å². The van der Waals surface area contributed by atoms with Crippen molar-refractivity contribution in [3.05, 3.63) is 70.0 Å². The number of nitriles is 1. The lowest BCUT2D eigenvalue weighted by atomic mass is 10.1. The molecule has 142 valence electrons. The third-order valence-electron chi connectivity index (χ3n) is 4.15. The molecule has 0 unspecified atom stereocenters. The molecule has 0 radical (unpaired) electrons. The van der Waals surface area contributed by atoms with Gasteiger partial charge in [0.2, 0.25) is 0 Å². The lowest BCUT2D eigenvalue weighted by Crippen LogP contribution is -2.11. The van der Waals surface area contributed by atoms with Gasteiger partial charge in [-0.2, -0.15) is 10.4 Å². The van der Waals surface area contributed by atoms with E-state index in [2.05, 4.69) is 11.2 Å². The van der Waals surface area contributed by atoms with E-state index in [9.17, 15) is 10.1 Å². The van der Waals surface area contributed by atoms with Crippen LogP contribution in [0.1, 0.15) is 27.3 Å². The van der Waals surface area contributed by atoms with Gasteiger partial charge in [0.1, 0.15) is 29.6 Å². The van der Waals surface area contributed by atoms with E-state index >= 15 is 0 Å². The Kier molecular flexibility index (Phi) is 5.52. The van der Waals surface area contributed by atoms with Crippen LogP contribution in [-0.2, 0) is 11.3 Å². The van der Waals surface area contributed by atoms with Crippen LogP contribution in [0.4, 0.5) is 5.69 Å². The van der Waals surface area contributed by atoms with Crippen LogP contribution in [0, 0.1) is 18.3 Å². The highest BCUT2D eigenvalue weighted by Gasteiger charge is 2.21. The van der Waals surface area contributed by atoms with Crippen LogP contribution in [0.2, 0.25) is 5.02 Å². The van der Waals surface area contributed by atoms with Crippen LogP contribution in [0.5, 0.6) is 5.75 Å². The zero-order valence-corrected chi connectivity index (χ0v) is 16.0. The van der Waals surface area contributed by atoms with E-state index in [0.717, 1.165) is 5.69 Å². The minimum absolute atomic E-state index is 0.141. The van der Waals surface area contributed by atoms with Gasteiger partial charge in [0, 0.05) is 6.07 Å². The van der Waals surface area contributed by atoms with E-state index < -0.39 is 5.97 Å². The van der Waals surface area contributed by atoms with Crippen molar-refractivity contribution in [2.24, 2.45) is 0 Å². The number of anilines is 1. The molecule has 0 spiro atoms. The third kappa shape index (κ3) is 3.63. The largest absolute Gasteiger partial charge is 0.496 e. The first-order valence-corrected chi connectivity index (χ1v) is 8.68. The van der Waals surface area contributed by atoms with E-state index in [1.54, 1.807) is 11.6 Å². The predicted octanol–water partition coefficient (Wildman–Crippen LogP) is 3.65. The lowest BCUT2D eigenvalue weighted by molar-refractivity contribution is 0.0461. The van der Waals surface area contributed by atoms with E-state index in [-0.39, 0.29) is 22.9 Å². The minimum Gasteiger partial charge on any atom is -0.496 e.